The zero-order valence-corrected chi connectivity index (χ0v) is 16.0. The van der Waals surface area contributed by atoms with Gasteiger partial charge in [0.15, 0.2) is 0 Å². The summed E-state index contributed by atoms with van der Waals surface area (Å²) >= 11 is 7.11. The van der Waals surface area contributed by atoms with Crippen molar-refractivity contribution in [1.29, 1.82) is 0 Å². The van der Waals surface area contributed by atoms with E-state index in [1.165, 1.54) is 5.56 Å². The summed E-state index contributed by atoms with van der Waals surface area (Å²) in [4.78, 5) is 12.1. The molecular formula is C18H19Br2NO. The van der Waals surface area contributed by atoms with Crippen LogP contribution < -0.4 is 5.32 Å². The number of rotatable bonds is 4. The zero-order chi connectivity index (χ0) is 16.3. The van der Waals surface area contributed by atoms with Crippen molar-refractivity contribution in [1.82, 2.24) is 0 Å². The fraction of sp³-hybridized carbons (Fsp3) is 0.278. The van der Waals surface area contributed by atoms with Crippen LogP contribution in [0.3, 0.4) is 0 Å². The summed E-state index contributed by atoms with van der Waals surface area (Å²) in [6.07, 6.45) is 0. The number of nitrogens with one attached hydrogen (secondary N) is 1. The molecule has 0 bridgehead atoms. The minimum atomic E-state index is -0.352. The number of aryl methyl sites for hydroxylation is 3. The molecule has 1 N–H and O–H groups in total. The minimum absolute atomic E-state index is 0.0548. The summed E-state index contributed by atoms with van der Waals surface area (Å²) in [6.45, 7) is 6.09. The van der Waals surface area contributed by atoms with Crippen LogP contribution in [0.1, 0.15) is 27.1 Å². The van der Waals surface area contributed by atoms with Crippen molar-refractivity contribution < 1.29 is 4.79 Å². The summed E-state index contributed by atoms with van der Waals surface area (Å²) < 4.78 is 0. The third kappa shape index (κ3) is 3.99. The number of halogens is 2. The highest BCUT2D eigenvalue weighted by Gasteiger charge is 2.25. The van der Waals surface area contributed by atoms with Gasteiger partial charge in [-0.1, -0.05) is 79.9 Å². The lowest BCUT2D eigenvalue weighted by molar-refractivity contribution is -0.115. The highest BCUT2D eigenvalue weighted by Crippen LogP contribution is 2.32. The second-order valence-electron chi connectivity index (χ2n) is 5.48. The molecule has 2 nitrogen and oxygen atoms in total. The van der Waals surface area contributed by atoms with E-state index in [1.807, 2.05) is 44.2 Å². The first-order valence-electron chi connectivity index (χ1n) is 7.12. The Hall–Kier alpha value is -1.13. The van der Waals surface area contributed by atoms with Crippen molar-refractivity contribution >= 4 is 43.5 Å². The molecule has 0 spiro atoms. The average molecular weight is 425 g/mol. The van der Waals surface area contributed by atoms with Gasteiger partial charge in [-0.25, -0.2) is 0 Å². The van der Waals surface area contributed by atoms with Crippen LogP contribution in [-0.4, -0.2) is 10.7 Å². The first-order valence-corrected chi connectivity index (χ1v) is 8.95. The Kier molecular flexibility index (Phi) is 5.81. The maximum atomic E-state index is 12.5. The van der Waals surface area contributed by atoms with Gasteiger partial charge in [-0.2, -0.15) is 0 Å². The molecule has 0 saturated carbocycles. The highest BCUT2D eigenvalue weighted by atomic mass is 79.9. The molecular weight excluding hydrogens is 406 g/mol. The predicted octanol–water partition coefficient (Wildman–Crippen LogP) is 5.45. The number of carbonyl (C=O) groups is 1. The summed E-state index contributed by atoms with van der Waals surface area (Å²) in [5, 5.41) is 3.04. The summed E-state index contributed by atoms with van der Waals surface area (Å²) in [7, 11) is 0. The molecule has 0 aliphatic rings. The van der Waals surface area contributed by atoms with Crippen molar-refractivity contribution in [2.75, 3.05) is 5.32 Å². The van der Waals surface area contributed by atoms with Crippen molar-refractivity contribution in [3.8, 4) is 0 Å². The number of alkyl halides is 2. The number of benzene rings is 2. The summed E-state index contributed by atoms with van der Waals surface area (Å²) in [5.74, 6) is -0.0548. The molecule has 2 atom stereocenters. The molecule has 0 heterocycles. The largest absolute Gasteiger partial charge is 0.325 e. The molecule has 1 amide bonds. The number of anilines is 1. The molecule has 2 aromatic carbocycles. The van der Waals surface area contributed by atoms with E-state index in [-0.39, 0.29) is 15.6 Å². The quantitative estimate of drug-likeness (QED) is 0.649. The number of hydrogen-bond acceptors (Lipinski definition) is 1. The Morgan fingerprint density at radius 1 is 1.00 bits per heavy atom. The van der Waals surface area contributed by atoms with Crippen LogP contribution in [0.2, 0.25) is 0 Å². The number of hydrogen-bond donors (Lipinski definition) is 1. The maximum absolute atomic E-state index is 12.5. The van der Waals surface area contributed by atoms with Crippen LogP contribution in [0.5, 0.6) is 0 Å². The third-order valence-corrected chi connectivity index (χ3v) is 6.26. The SMILES string of the molecule is Cc1cc(C)c(NC(=O)[C@H](Br)[C@H](Br)c2ccccc2)c(C)c1. The Morgan fingerprint density at radius 3 is 2.09 bits per heavy atom. The van der Waals surface area contributed by atoms with Gasteiger partial charge in [0, 0.05) is 5.69 Å². The van der Waals surface area contributed by atoms with E-state index >= 15 is 0 Å². The third-order valence-electron chi connectivity index (χ3n) is 3.55. The molecule has 0 aliphatic carbocycles. The lowest BCUT2D eigenvalue weighted by Gasteiger charge is -2.19. The van der Waals surface area contributed by atoms with Crippen molar-refractivity contribution in [3.05, 3.63) is 64.7 Å². The Morgan fingerprint density at radius 2 is 1.55 bits per heavy atom. The van der Waals surface area contributed by atoms with E-state index in [0.29, 0.717) is 0 Å². The van der Waals surface area contributed by atoms with Crippen molar-refractivity contribution in [2.45, 2.75) is 30.4 Å². The van der Waals surface area contributed by atoms with E-state index < -0.39 is 0 Å². The fourth-order valence-electron chi connectivity index (χ4n) is 2.51. The van der Waals surface area contributed by atoms with Gasteiger partial charge in [-0.3, -0.25) is 4.79 Å². The first kappa shape index (κ1) is 17.2. The van der Waals surface area contributed by atoms with E-state index in [9.17, 15) is 4.79 Å². The monoisotopic (exact) mass is 423 g/mol. The van der Waals surface area contributed by atoms with E-state index in [1.54, 1.807) is 0 Å². The normalized spacial score (nSPS) is 13.5. The Labute approximate surface area is 148 Å². The fourth-order valence-corrected chi connectivity index (χ4v) is 3.47. The molecule has 0 fully saturated rings. The van der Waals surface area contributed by atoms with Crippen LogP contribution >= 0.6 is 31.9 Å². The van der Waals surface area contributed by atoms with Gasteiger partial charge >= 0.3 is 0 Å². The number of amides is 1. The van der Waals surface area contributed by atoms with Gasteiger partial charge in [-0.05, 0) is 37.5 Å². The molecule has 0 radical (unpaired) electrons. The Balaban J connectivity index is 2.16. The van der Waals surface area contributed by atoms with Crippen LogP contribution in [-0.2, 0) is 4.79 Å². The molecule has 0 aliphatic heterocycles. The van der Waals surface area contributed by atoms with Crippen LogP contribution in [0.15, 0.2) is 42.5 Å². The molecule has 0 saturated heterocycles. The number of carbonyl (C=O) groups excluding carboxylic acids is 1. The Bertz CT molecular complexity index is 647. The lowest BCUT2D eigenvalue weighted by Crippen LogP contribution is -2.27. The van der Waals surface area contributed by atoms with Crippen LogP contribution in [0, 0.1) is 20.8 Å². The van der Waals surface area contributed by atoms with Crippen LogP contribution in [0.25, 0.3) is 0 Å². The van der Waals surface area contributed by atoms with Gasteiger partial charge in [0.05, 0.1) is 4.83 Å². The molecule has 116 valence electrons. The topological polar surface area (TPSA) is 29.1 Å². The lowest BCUT2D eigenvalue weighted by atomic mass is 10.0. The predicted molar refractivity (Wildman–Crippen MR) is 100 cm³/mol. The smallest absolute Gasteiger partial charge is 0.239 e. The van der Waals surface area contributed by atoms with Gasteiger partial charge in [0.2, 0.25) is 5.91 Å². The molecule has 2 aromatic rings. The van der Waals surface area contributed by atoms with Crippen LogP contribution in [0.4, 0.5) is 5.69 Å². The van der Waals surface area contributed by atoms with Crippen molar-refractivity contribution in [3.63, 3.8) is 0 Å². The second kappa shape index (κ2) is 7.42. The van der Waals surface area contributed by atoms with E-state index in [4.69, 9.17) is 0 Å². The average Bonchev–Trinajstić information content (AvgIpc) is 2.50. The first-order chi connectivity index (χ1) is 10.4. The van der Waals surface area contributed by atoms with Gasteiger partial charge < -0.3 is 5.32 Å². The second-order valence-corrected chi connectivity index (χ2v) is 7.45. The van der Waals surface area contributed by atoms with Gasteiger partial charge in [0.1, 0.15) is 4.83 Å². The molecule has 22 heavy (non-hydrogen) atoms. The summed E-state index contributed by atoms with van der Waals surface area (Å²) in [5.41, 5.74) is 5.32. The zero-order valence-electron chi connectivity index (χ0n) is 12.9. The van der Waals surface area contributed by atoms with Gasteiger partial charge in [-0.15, -0.1) is 0 Å². The maximum Gasteiger partial charge on any atom is 0.239 e. The van der Waals surface area contributed by atoms with E-state index in [2.05, 4.69) is 56.2 Å². The highest BCUT2D eigenvalue weighted by molar-refractivity contribution is 9.12. The minimum Gasteiger partial charge on any atom is -0.325 e. The summed E-state index contributed by atoms with van der Waals surface area (Å²) in [6, 6.07) is 14.1. The van der Waals surface area contributed by atoms with Gasteiger partial charge in [0.25, 0.3) is 0 Å². The molecule has 0 unspecified atom stereocenters. The molecule has 2 rings (SSSR count). The van der Waals surface area contributed by atoms with Crippen molar-refractivity contribution in [2.24, 2.45) is 0 Å². The molecule has 0 aromatic heterocycles. The molecule has 4 heteroatoms. The van der Waals surface area contributed by atoms with E-state index in [0.717, 1.165) is 22.4 Å². The standard InChI is InChI=1S/C18H19Br2NO/c1-11-9-12(2)17(13(3)10-11)21-18(22)16(20)15(19)14-7-5-4-6-8-14/h4-10,15-16H,1-3H3,(H,21,22)/t15-,16-/m1/s1.